The van der Waals surface area contributed by atoms with Crippen LogP contribution >= 0.6 is 11.6 Å². The highest BCUT2D eigenvalue weighted by molar-refractivity contribution is 6.28. The van der Waals surface area contributed by atoms with Gasteiger partial charge in [-0.3, -0.25) is 0 Å². The fourth-order valence-corrected chi connectivity index (χ4v) is 1.39. The SMILES string of the molecule is N#Cc1cc(Nc2nc(Cl)ncc2F)ccc1F. The maximum Gasteiger partial charge on any atom is 0.224 e. The predicted octanol–water partition coefficient (Wildman–Crippen LogP) is 3.02. The smallest absolute Gasteiger partial charge is 0.224 e. The molecular formula is C11H5ClF2N4. The molecule has 2 aromatic rings. The molecule has 0 unspecified atom stereocenters. The van der Waals surface area contributed by atoms with Gasteiger partial charge in [-0.05, 0) is 29.8 Å². The third-order valence-corrected chi connectivity index (χ3v) is 2.25. The van der Waals surface area contributed by atoms with Crippen LogP contribution in [-0.4, -0.2) is 9.97 Å². The molecule has 1 N–H and O–H groups in total. The first-order valence-corrected chi connectivity index (χ1v) is 5.12. The van der Waals surface area contributed by atoms with E-state index in [0.29, 0.717) is 5.69 Å². The normalized spacial score (nSPS) is 9.89. The maximum atomic E-state index is 13.3. The summed E-state index contributed by atoms with van der Waals surface area (Å²) >= 11 is 5.53. The Morgan fingerprint density at radius 2 is 2.06 bits per heavy atom. The first-order chi connectivity index (χ1) is 8.60. The molecular weight excluding hydrogens is 262 g/mol. The summed E-state index contributed by atoms with van der Waals surface area (Å²) in [6.45, 7) is 0. The van der Waals surface area contributed by atoms with Crippen molar-refractivity contribution in [2.75, 3.05) is 5.32 Å². The molecule has 0 amide bonds. The summed E-state index contributed by atoms with van der Waals surface area (Å²) < 4.78 is 26.4. The lowest BCUT2D eigenvalue weighted by Gasteiger charge is -2.06. The summed E-state index contributed by atoms with van der Waals surface area (Å²) in [5, 5.41) is 11.1. The van der Waals surface area contributed by atoms with Gasteiger partial charge < -0.3 is 5.32 Å². The standard InChI is InChI=1S/C11H5ClF2N4/c12-11-16-5-9(14)10(18-11)17-7-1-2-8(13)6(3-7)4-15/h1-3,5H,(H,16,17,18). The summed E-state index contributed by atoms with van der Waals surface area (Å²) in [5.41, 5.74) is 0.169. The first kappa shape index (κ1) is 12.2. The van der Waals surface area contributed by atoms with E-state index in [4.69, 9.17) is 16.9 Å². The zero-order valence-corrected chi connectivity index (χ0v) is 9.54. The Morgan fingerprint density at radius 3 is 2.78 bits per heavy atom. The van der Waals surface area contributed by atoms with Gasteiger partial charge in [-0.1, -0.05) is 0 Å². The molecule has 0 aliphatic heterocycles. The van der Waals surface area contributed by atoms with E-state index >= 15 is 0 Å². The van der Waals surface area contributed by atoms with Gasteiger partial charge >= 0.3 is 0 Å². The summed E-state index contributed by atoms with van der Waals surface area (Å²) in [7, 11) is 0. The van der Waals surface area contributed by atoms with Crippen LogP contribution in [0.3, 0.4) is 0 Å². The number of nitrogens with one attached hydrogen (secondary N) is 1. The van der Waals surface area contributed by atoms with Crippen LogP contribution in [0.15, 0.2) is 24.4 Å². The Bertz CT molecular complexity index is 639. The van der Waals surface area contributed by atoms with Crippen LogP contribution in [-0.2, 0) is 0 Å². The minimum Gasteiger partial charge on any atom is -0.338 e. The average Bonchev–Trinajstić information content (AvgIpc) is 2.36. The molecule has 0 bridgehead atoms. The van der Waals surface area contributed by atoms with Gasteiger partial charge in [-0.25, -0.2) is 13.8 Å². The van der Waals surface area contributed by atoms with E-state index in [0.717, 1.165) is 12.3 Å². The Balaban J connectivity index is 2.34. The van der Waals surface area contributed by atoms with Gasteiger partial charge in [0.1, 0.15) is 11.9 Å². The lowest BCUT2D eigenvalue weighted by Crippen LogP contribution is -1.99. The van der Waals surface area contributed by atoms with Crippen LogP contribution in [0, 0.1) is 23.0 Å². The number of aromatic nitrogens is 2. The molecule has 4 nitrogen and oxygen atoms in total. The van der Waals surface area contributed by atoms with Crippen LogP contribution in [0.2, 0.25) is 5.28 Å². The van der Waals surface area contributed by atoms with Crippen molar-refractivity contribution in [1.82, 2.24) is 9.97 Å². The molecule has 0 saturated carbocycles. The Kier molecular flexibility index (Phi) is 3.35. The molecule has 2 rings (SSSR count). The number of hydrogen-bond donors (Lipinski definition) is 1. The molecule has 0 aliphatic rings. The van der Waals surface area contributed by atoms with Crippen LogP contribution < -0.4 is 5.32 Å². The molecule has 1 aromatic heterocycles. The lowest BCUT2D eigenvalue weighted by molar-refractivity contribution is 0.618. The fourth-order valence-electron chi connectivity index (χ4n) is 1.26. The summed E-state index contributed by atoms with van der Waals surface area (Å²) in [6, 6.07) is 5.37. The minimum absolute atomic E-state index is 0.124. The second-order valence-electron chi connectivity index (χ2n) is 3.27. The van der Waals surface area contributed by atoms with Gasteiger partial charge in [0.2, 0.25) is 5.28 Å². The van der Waals surface area contributed by atoms with Crippen molar-refractivity contribution >= 4 is 23.1 Å². The Labute approximate surface area is 106 Å². The number of halogens is 3. The van der Waals surface area contributed by atoms with Gasteiger partial charge in [0.15, 0.2) is 11.6 Å². The molecule has 1 heterocycles. The van der Waals surface area contributed by atoms with E-state index in [1.54, 1.807) is 6.07 Å². The van der Waals surface area contributed by atoms with Gasteiger partial charge in [0, 0.05) is 5.69 Å². The van der Waals surface area contributed by atoms with Crippen molar-refractivity contribution in [2.45, 2.75) is 0 Å². The maximum absolute atomic E-state index is 13.3. The molecule has 1 aromatic carbocycles. The highest BCUT2D eigenvalue weighted by Gasteiger charge is 2.08. The van der Waals surface area contributed by atoms with Crippen molar-refractivity contribution in [2.24, 2.45) is 0 Å². The number of nitriles is 1. The number of anilines is 2. The van der Waals surface area contributed by atoms with Crippen LogP contribution in [0.1, 0.15) is 5.56 Å². The highest BCUT2D eigenvalue weighted by atomic mass is 35.5. The van der Waals surface area contributed by atoms with E-state index < -0.39 is 11.6 Å². The summed E-state index contributed by atoms with van der Waals surface area (Å²) in [6.07, 6.45) is 0.909. The van der Waals surface area contributed by atoms with Gasteiger partial charge in [0.05, 0.1) is 11.8 Å². The van der Waals surface area contributed by atoms with Gasteiger partial charge in [0.25, 0.3) is 0 Å². The van der Waals surface area contributed by atoms with Gasteiger partial charge in [-0.15, -0.1) is 0 Å². The van der Waals surface area contributed by atoms with Gasteiger partial charge in [-0.2, -0.15) is 10.2 Å². The van der Waals surface area contributed by atoms with E-state index in [2.05, 4.69) is 15.3 Å². The molecule has 7 heteroatoms. The molecule has 0 spiro atoms. The molecule has 0 saturated heterocycles. The second-order valence-corrected chi connectivity index (χ2v) is 3.61. The first-order valence-electron chi connectivity index (χ1n) is 4.75. The Hall–Kier alpha value is -2.26. The zero-order valence-electron chi connectivity index (χ0n) is 8.78. The molecule has 0 aliphatic carbocycles. The predicted molar refractivity (Wildman–Crippen MR) is 61.4 cm³/mol. The van der Waals surface area contributed by atoms with E-state index in [1.807, 2.05) is 0 Å². The second kappa shape index (κ2) is 4.94. The topological polar surface area (TPSA) is 61.6 Å². The quantitative estimate of drug-likeness (QED) is 0.849. The van der Waals surface area contributed by atoms with Crippen LogP contribution in [0.4, 0.5) is 20.3 Å². The highest BCUT2D eigenvalue weighted by Crippen LogP contribution is 2.20. The number of nitrogens with zero attached hydrogens (tertiary/aromatic N) is 3. The summed E-state index contributed by atoms with van der Waals surface area (Å²) in [4.78, 5) is 7.09. The lowest BCUT2D eigenvalue weighted by atomic mass is 10.2. The minimum atomic E-state index is -0.706. The van der Waals surface area contributed by atoms with Crippen LogP contribution in [0.25, 0.3) is 0 Å². The van der Waals surface area contributed by atoms with Crippen molar-refractivity contribution in [1.29, 1.82) is 5.26 Å². The van der Waals surface area contributed by atoms with Crippen molar-refractivity contribution < 1.29 is 8.78 Å². The molecule has 0 radical (unpaired) electrons. The third kappa shape index (κ3) is 2.52. The van der Waals surface area contributed by atoms with Crippen molar-refractivity contribution in [3.63, 3.8) is 0 Å². The fraction of sp³-hybridized carbons (Fsp3) is 0. The van der Waals surface area contributed by atoms with E-state index in [1.165, 1.54) is 12.1 Å². The number of benzene rings is 1. The van der Waals surface area contributed by atoms with Crippen LogP contribution in [0.5, 0.6) is 0 Å². The third-order valence-electron chi connectivity index (χ3n) is 2.06. The Morgan fingerprint density at radius 1 is 1.28 bits per heavy atom. The van der Waals surface area contributed by atoms with Crippen molar-refractivity contribution in [3.05, 3.63) is 46.9 Å². The van der Waals surface area contributed by atoms with E-state index in [-0.39, 0.29) is 16.7 Å². The largest absolute Gasteiger partial charge is 0.338 e. The van der Waals surface area contributed by atoms with E-state index in [9.17, 15) is 8.78 Å². The molecule has 90 valence electrons. The average molecular weight is 267 g/mol. The monoisotopic (exact) mass is 266 g/mol. The zero-order chi connectivity index (χ0) is 13.1. The number of rotatable bonds is 2. The molecule has 0 atom stereocenters. The van der Waals surface area contributed by atoms with Crippen molar-refractivity contribution in [3.8, 4) is 6.07 Å². The summed E-state index contributed by atoms with van der Waals surface area (Å²) in [5.74, 6) is -1.50. The molecule has 0 fully saturated rings. The molecule has 18 heavy (non-hydrogen) atoms. The number of hydrogen-bond acceptors (Lipinski definition) is 4.